The van der Waals surface area contributed by atoms with Crippen molar-refractivity contribution < 1.29 is 14.4 Å². The monoisotopic (exact) mass is 519 g/mol. The molecule has 7 rings (SSSR count). The van der Waals surface area contributed by atoms with Crippen LogP contribution >= 0.6 is 0 Å². The van der Waals surface area contributed by atoms with E-state index in [2.05, 4.69) is 5.32 Å². The summed E-state index contributed by atoms with van der Waals surface area (Å²) < 4.78 is 1.44. The molecule has 2 aromatic heterocycles. The van der Waals surface area contributed by atoms with Gasteiger partial charge in [-0.2, -0.15) is 0 Å². The van der Waals surface area contributed by atoms with Crippen LogP contribution < -0.4 is 15.8 Å². The summed E-state index contributed by atoms with van der Waals surface area (Å²) in [4.78, 5) is 63.2. The molecule has 39 heavy (non-hydrogen) atoms. The summed E-state index contributed by atoms with van der Waals surface area (Å²) >= 11 is 0. The number of amides is 4. The Labute approximate surface area is 223 Å². The number of aryl methyl sites for hydroxylation is 1. The summed E-state index contributed by atoms with van der Waals surface area (Å²) in [6, 6.07) is 19.1. The van der Waals surface area contributed by atoms with Crippen LogP contribution in [0.1, 0.15) is 33.9 Å². The highest BCUT2D eigenvalue weighted by Crippen LogP contribution is 2.52. The van der Waals surface area contributed by atoms with Gasteiger partial charge in [0.2, 0.25) is 11.8 Å². The molecule has 1 saturated heterocycles. The molecule has 9 nitrogen and oxygen atoms in total. The number of imide groups is 2. The van der Waals surface area contributed by atoms with Crippen LogP contribution in [0.25, 0.3) is 5.65 Å². The maximum Gasteiger partial charge on any atom is 0.331 e. The molecule has 3 aliphatic heterocycles. The van der Waals surface area contributed by atoms with Crippen molar-refractivity contribution in [2.24, 2.45) is 5.41 Å². The lowest BCUT2D eigenvalue weighted by Crippen LogP contribution is -2.70. The van der Waals surface area contributed by atoms with E-state index in [0.717, 1.165) is 27.2 Å². The third-order valence-corrected chi connectivity index (χ3v) is 8.24. The zero-order chi connectivity index (χ0) is 26.9. The van der Waals surface area contributed by atoms with E-state index in [1.807, 2.05) is 66.4 Å². The molecule has 1 N–H and O–H groups in total. The summed E-state index contributed by atoms with van der Waals surface area (Å²) in [5, 5.41) is 2.47. The summed E-state index contributed by atoms with van der Waals surface area (Å²) in [6.45, 7) is 2.44. The van der Waals surface area contributed by atoms with E-state index in [9.17, 15) is 19.2 Å². The second-order valence-corrected chi connectivity index (χ2v) is 10.5. The first-order chi connectivity index (χ1) is 18.9. The van der Waals surface area contributed by atoms with Gasteiger partial charge in [-0.3, -0.25) is 29.0 Å². The Morgan fingerprint density at radius 3 is 2.56 bits per heavy atom. The Balaban J connectivity index is 1.45. The number of barbiturate groups is 1. The number of pyridine rings is 1. The van der Waals surface area contributed by atoms with Gasteiger partial charge in [0.05, 0.1) is 18.2 Å². The highest BCUT2D eigenvalue weighted by Gasteiger charge is 2.64. The Morgan fingerprint density at radius 1 is 0.974 bits per heavy atom. The largest absolute Gasteiger partial charge is 0.347 e. The summed E-state index contributed by atoms with van der Waals surface area (Å²) in [7, 11) is 0. The normalized spacial score (nSPS) is 22.0. The topological polar surface area (TPSA) is 104 Å². The number of aromatic nitrogens is 2. The number of carbonyl (C=O) groups is 3. The van der Waals surface area contributed by atoms with E-state index in [4.69, 9.17) is 4.98 Å². The molecule has 0 bridgehead atoms. The van der Waals surface area contributed by atoms with Crippen LogP contribution in [0.3, 0.4) is 0 Å². The molecule has 2 aromatic carbocycles. The molecule has 2 atom stereocenters. The lowest BCUT2D eigenvalue weighted by atomic mass is 9.65. The number of benzene rings is 2. The molecular formula is C30H25N5O4. The molecule has 4 aromatic rings. The van der Waals surface area contributed by atoms with Crippen LogP contribution in [0.2, 0.25) is 0 Å². The number of rotatable bonds is 2. The van der Waals surface area contributed by atoms with Crippen molar-refractivity contribution in [2.75, 3.05) is 11.4 Å². The Kier molecular flexibility index (Phi) is 5.00. The van der Waals surface area contributed by atoms with E-state index in [1.54, 1.807) is 18.3 Å². The fourth-order valence-corrected chi connectivity index (χ4v) is 6.33. The van der Waals surface area contributed by atoms with Crippen LogP contribution in [-0.2, 0) is 29.0 Å². The summed E-state index contributed by atoms with van der Waals surface area (Å²) in [5.74, 6) is -0.807. The molecule has 4 amide bonds. The molecule has 9 heteroatoms. The van der Waals surface area contributed by atoms with Gasteiger partial charge in [0.15, 0.2) is 5.41 Å². The first-order valence-corrected chi connectivity index (χ1v) is 13.0. The number of hydrogen-bond donors (Lipinski definition) is 1. The fourth-order valence-electron chi connectivity index (χ4n) is 6.33. The minimum Gasteiger partial charge on any atom is -0.347 e. The number of anilines is 1. The molecule has 0 aliphatic carbocycles. The number of carbonyl (C=O) groups excluding carboxylic acids is 3. The Hall–Kier alpha value is -4.79. The highest BCUT2D eigenvalue weighted by atomic mass is 16.2. The first kappa shape index (κ1) is 23.3. The SMILES string of the molecule is Cc1ccc(CN2C(=O)NC(=O)C3(Cc4c(nc5ccccn5c4=O)N4CCc5ccccc5C43)C2=O)cc1. The number of nitrogens with one attached hydrogen (secondary N) is 1. The van der Waals surface area contributed by atoms with Gasteiger partial charge in [-0.25, -0.2) is 9.78 Å². The van der Waals surface area contributed by atoms with Gasteiger partial charge in [0.1, 0.15) is 11.5 Å². The van der Waals surface area contributed by atoms with Gasteiger partial charge in [0.25, 0.3) is 5.56 Å². The maximum absolute atomic E-state index is 14.5. The van der Waals surface area contributed by atoms with Crippen molar-refractivity contribution in [1.82, 2.24) is 19.6 Å². The number of nitrogens with zero attached hydrogens (tertiary/aromatic N) is 4. The zero-order valence-electron chi connectivity index (χ0n) is 21.3. The van der Waals surface area contributed by atoms with Crippen molar-refractivity contribution in [3.63, 3.8) is 0 Å². The minimum atomic E-state index is -1.73. The van der Waals surface area contributed by atoms with Gasteiger partial charge >= 0.3 is 6.03 Å². The standard InChI is InChI=1S/C30H25N5O4/c1-18-9-11-19(12-10-18)17-35-28(38)30(27(37)32-29(35)39)16-22-25(31-23-8-4-5-14-33(23)26(22)36)34-15-13-20-6-2-3-7-21(20)24(30)34/h2-12,14,24H,13,15-17H2,1H3,(H,32,37,39). The number of hydrogen-bond acceptors (Lipinski definition) is 6. The van der Waals surface area contributed by atoms with Crippen molar-refractivity contribution >= 4 is 29.3 Å². The molecule has 1 spiro atoms. The lowest BCUT2D eigenvalue weighted by Gasteiger charge is -2.53. The van der Waals surface area contributed by atoms with Gasteiger partial charge in [-0.1, -0.05) is 60.2 Å². The van der Waals surface area contributed by atoms with Crippen molar-refractivity contribution in [3.05, 3.63) is 111 Å². The summed E-state index contributed by atoms with van der Waals surface area (Å²) in [6.07, 6.45) is 2.13. The molecular weight excluding hydrogens is 494 g/mol. The molecule has 194 valence electrons. The summed E-state index contributed by atoms with van der Waals surface area (Å²) in [5.41, 5.74) is 2.41. The predicted octanol–water partition coefficient (Wildman–Crippen LogP) is 2.93. The molecule has 1 fully saturated rings. The van der Waals surface area contributed by atoms with Crippen LogP contribution in [0.15, 0.2) is 77.7 Å². The van der Waals surface area contributed by atoms with E-state index < -0.39 is 29.3 Å². The van der Waals surface area contributed by atoms with Gasteiger partial charge < -0.3 is 4.90 Å². The zero-order valence-corrected chi connectivity index (χ0v) is 21.3. The minimum absolute atomic E-state index is 0.0101. The predicted molar refractivity (Wildman–Crippen MR) is 143 cm³/mol. The third-order valence-electron chi connectivity index (χ3n) is 8.24. The van der Waals surface area contributed by atoms with E-state index in [0.29, 0.717) is 30.0 Å². The van der Waals surface area contributed by atoms with E-state index in [-0.39, 0.29) is 18.5 Å². The smallest absolute Gasteiger partial charge is 0.331 e. The van der Waals surface area contributed by atoms with Crippen molar-refractivity contribution in [2.45, 2.75) is 32.4 Å². The first-order valence-electron chi connectivity index (χ1n) is 13.0. The van der Waals surface area contributed by atoms with Crippen LogP contribution in [0.5, 0.6) is 0 Å². The Morgan fingerprint density at radius 2 is 1.74 bits per heavy atom. The van der Waals surface area contributed by atoms with Gasteiger partial charge in [-0.05, 0) is 42.2 Å². The van der Waals surface area contributed by atoms with Crippen molar-refractivity contribution in [1.29, 1.82) is 0 Å². The quantitative estimate of drug-likeness (QED) is 0.409. The molecule has 3 aliphatic rings. The van der Waals surface area contributed by atoms with Crippen LogP contribution in [-0.4, -0.2) is 38.7 Å². The van der Waals surface area contributed by atoms with Crippen molar-refractivity contribution in [3.8, 4) is 0 Å². The second-order valence-electron chi connectivity index (χ2n) is 10.5. The van der Waals surface area contributed by atoms with Gasteiger partial charge in [0, 0.05) is 19.2 Å². The maximum atomic E-state index is 14.5. The molecule has 5 heterocycles. The molecule has 0 radical (unpaired) electrons. The molecule has 2 unspecified atom stereocenters. The average Bonchev–Trinajstić information content (AvgIpc) is 2.95. The highest BCUT2D eigenvalue weighted by molar-refractivity contribution is 6.20. The number of urea groups is 1. The fraction of sp³-hybridized carbons (Fsp3) is 0.233. The Bertz CT molecular complexity index is 1760. The van der Waals surface area contributed by atoms with E-state index >= 15 is 0 Å². The van der Waals surface area contributed by atoms with E-state index in [1.165, 1.54) is 4.40 Å². The van der Waals surface area contributed by atoms with Gasteiger partial charge in [-0.15, -0.1) is 0 Å². The second kappa shape index (κ2) is 8.36. The van der Waals surface area contributed by atoms with Crippen LogP contribution in [0.4, 0.5) is 10.6 Å². The number of fused-ring (bicyclic) bond motifs is 7. The third kappa shape index (κ3) is 3.29. The van der Waals surface area contributed by atoms with Crippen LogP contribution in [0, 0.1) is 12.3 Å². The lowest BCUT2D eigenvalue weighted by molar-refractivity contribution is -0.154. The average molecular weight is 520 g/mol. The molecule has 0 saturated carbocycles.